The molecule has 11 heavy (non-hydrogen) atoms. The van der Waals surface area contributed by atoms with Gasteiger partial charge in [-0.05, 0) is 30.1 Å². The highest BCUT2D eigenvalue weighted by Crippen LogP contribution is 2.47. The molecule has 1 rings (SSSR count). The van der Waals surface area contributed by atoms with Gasteiger partial charge < -0.3 is 0 Å². The van der Waals surface area contributed by atoms with Gasteiger partial charge in [-0.1, -0.05) is 40.5 Å². The van der Waals surface area contributed by atoms with Crippen LogP contribution in [0.5, 0.6) is 0 Å². The van der Waals surface area contributed by atoms with Crippen molar-refractivity contribution < 1.29 is 0 Å². The van der Waals surface area contributed by atoms with Crippen molar-refractivity contribution in [2.24, 2.45) is 10.8 Å². The molecule has 1 fully saturated rings. The lowest BCUT2D eigenvalue weighted by Crippen LogP contribution is -2.31. The van der Waals surface area contributed by atoms with Gasteiger partial charge in [-0.3, -0.25) is 0 Å². The highest BCUT2D eigenvalue weighted by Gasteiger charge is 2.37. The lowest BCUT2D eigenvalue weighted by atomic mass is 9.65. The minimum atomic E-state index is 0.434. The van der Waals surface area contributed by atoms with E-state index in [2.05, 4.69) is 34.1 Å². The second kappa shape index (κ2) is 2.80. The Morgan fingerprint density at radius 1 is 1.00 bits per heavy atom. The molecule has 0 nitrogen and oxygen atoms in total. The van der Waals surface area contributed by atoms with Gasteiger partial charge in [0.05, 0.1) is 0 Å². The largest absolute Gasteiger partial charge is 0.0594 e. The van der Waals surface area contributed by atoms with Crippen LogP contribution in [0.2, 0.25) is 0 Å². The van der Waals surface area contributed by atoms with Crippen LogP contribution in [0.15, 0.2) is 0 Å². The fourth-order valence-corrected chi connectivity index (χ4v) is 1.77. The Morgan fingerprint density at radius 3 is 2.27 bits per heavy atom. The third-order valence-corrected chi connectivity index (χ3v) is 3.65. The molecule has 0 aliphatic heterocycles. The van der Waals surface area contributed by atoms with E-state index in [-0.39, 0.29) is 0 Å². The molecular weight excluding hydrogens is 132 g/mol. The Kier molecular flexibility index (Phi) is 2.32. The normalized spacial score (nSPS) is 29.5. The van der Waals surface area contributed by atoms with Crippen molar-refractivity contribution in [1.82, 2.24) is 0 Å². The second-order valence-corrected chi connectivity index (χ2v) is 5.06. The van der Waals surface area contributed by atoms with E-state index in [0.29, 0.717) is 10.8 Å². The van der Waals surface area contributed by atoms with E-state index in [4.69, 9.17) is 0 Å². The molecule has 1 aliphatic rings. The van der Waals surface area contributed by atoms with Crippen molar-refractivity contribution in [2.75, 3.05) is 0 Å². The van der Waals surface area contributed by atoms with Gasteiger partial charge in [-0.15, -0.1) is 0 Å². The lowest BCUT2D eigenvalue weighted by Gasteiger charge is -2.40. The summed E-state index contributed by atoms with van der Waals surface area (Å²) >= 11 is 0. The zero-order valence-electron chi connectivity index (χ0n) is 8.41. The molecule has 0 heterocycles. The Morgan fingerprint density at radius 2 is 1.64 bits per heavy atom. The van der Waals surface area contributed by atoms with Gasteiger partial charge in [0.1, 0.15) is 0 Å². The summed E-state index contributed by atoms with van der Waals surface area (Å²) in [6.45, 7) is 9.54. The van der Waals surface area contributed by atoms with Crippen LogP contribution in [0, 0.1) is 17.3 Å². The number of hydrogen-bond acceptors (Lipinski definition) is 0. The topological polar surface area (TPSA) is 0 Å². The Hall–Kier alpha value is 0. The van der Waals surface area contributed by atoms with Crippen molar-refractivity contribution in [3.63, 3.8) is 0 Å². The second-order valence-electron chi connectivity index (χ2n) is 5.06. The zero-order chi connectivity index (χ0) is 8.54. The molecule has 0 N–H and O–H groups in total. The van der Waals surface area contributed by atoms with Crippen LogP contribution in [0.3, 0.4) is 0 Å². The molecule has 0 unspecified atom stereocenters. The first kappa shape index (κ1) is 9.09. The summed E-state index contributed by atoms with van der Waals surface area (Å²) in [5, 5.41) is 0. The molecule has 0 spiro atoms. The molecule has 65 valence electrons. The van der Waals surface area contributed by atoms with Crippen LogP contribution >= 0.6 is 0 Å². The number of hydrogen-bond donors (Lipinski definition) is 0. The third-order valence-electron chi connectivity index (χ3n) is 3.65. The van der Waals surface area contributed by atoms with Gasteiger partial charge >= 0.3 is 0 Å². The quantitative estimate of drug-likeness (QED) is 0.464. The van der Waals surface area contributed by atoms with Crippen LogP contribution < -0.4 is 0 Å². The van der Waals surface area contributed by atoms with Crippen LogP contribution in [-0.2, 0) is 0 Å². The highest BCUT2D eigenvalue weighted by atomic mass is 14.4. The van der Waals surface area contributed by atoms with Crippen LogP contribution in [0.1, 0.15) is 53.4 Å². The van der Waals surface area contributed by atoms with Crippen molar-refractivity contribution in [1.29, 1.82) is 0 Å². The molecule has 0 saturated heterocycles. The molecule has 0 bridgehead atoms. The molecule has 0 aromatic rings. The van der Waals surface area contributed by atoms with Crippen LogP contribution in [0.4, 0.5) is 0 Å². The summed E-state index contributed by atoms with van der Waals surface area (Å²) in [6, 6.07) is 0. The molecule has 0 aromatic carbocycles. The Balaban J connectivity index is 2.72. The fraction of sp³-hybridized carbons (Fsp3) is 0.909. The van der Waals surface area contributed by atoms with E-state index in [1.807, 2.05) is 0 Å². The summed E-state index contributed by atoms with van der Waals surface area (Å²) in [6.07, 6.45) is 8.02. The smallest absolute Gasteiger partial charge is 0.0272 e. The Bertz CT molecular complexity index is 115. The van der Waals surface area contributed by atoms with E-state index in [1.54, 1.807) is 0 Å². The minimum absolute atomic E-state index is 0.434. The molecule has 0 atom stereocenters. The maximum atomic E-state index is 2.51. The summed E-state index contributed by atoms with van der Waals surface area (Å²) in [5.74, 6) is 0. The highest BCUT2D eigenvalue weighted by molar-refractivity contribution is 4.97. The first-order chi connectivity index (χ1) is 4.96. The summed E-state index contributed by atoms with van der Waals surface area (Å²) < 4.78 is 0. The maximum absolute atomic E-state index is 2.51. The van der Waals surface area contributed by atoms with Crippen LogP contribution in [0.25, 0.3) is 0 Å². The molecule has 1 aliphatic carbocycles. The molecule has 1 radical (unpaired) electrons. The van der Waals surface area contributed by atoms with Gasteiger partial charge in [-0.2, -0.15) is 0 Å². The minimum Gasteiger partial charge on any atom is -0.0594 e. The third kappa shape index (κ3) is 1.77. The van der Waals surface area contributed by atoms with Gasteiger partial charge in [0.2, 0.25) is 0 Å². The van der Waals surface area contributed by atoms with Crippen molar-refractivity contribution >= 4 is 0 Å². The first-order valence-electron chi connectivity index (χ1n) is 4.80. The molecule has 0 aromatic heterocycles. The average molecular weight is 153 g/mol. The Labute approximate surface area is 71.4 Å². The van der Waals surface area contributed by atoms with Crippen molar-refractivity contribution in [2.45, 2.75) is 53.4 Å². The van der Waals surface area contributed by atoms with E-state index in [0.717, 1.165) is 0 Å². The van der Waals surface area contributed by atoms with E-state index < -0.39 is 0 Å². The summed E-state index contributed by atoms with van der Waals surface area (Å²) in [7, 11) is 0. The molecule has 1 saturated carbocycles. The lowest BCUT2D eigenvalue weighted by molar-refractivity contribution is 0.140. The van der Waals surface area contributed by atoms with E-state index in [9.17, 15) is 0 Å². The van der Waals surface area contributed by atoms with E-state index >= 15 is 0 Å². The van der Waals surface area contributed by atoms with Gasteiger partial charge in [0.25, 0.3) is 0 Å². The van der Waals surface area contributed by atoms with Gasteiger partial charge in [-0.25, -0.2) is 0 Å². The first-order valence-corrected chi connectivity index (χ1v) is 4.80. The molecule has 0 heteroatoms. The van der Waals surface area contributed by atoms with E-state index in [1.165, 1.54) is 25.7 Å². The number of rotatable bonds is 0. The maximum Gasteiger partial charge on any atom is -0.0272 e. The summed E-state index contributed by atoms with van der Waals surface area (Å²) in [5.41, 5.74) is 0.937. The van der Waals surface area contributed by atoms with Gasteiger partial charge in [0, 0.05) is 0 Å². The SMILES string of the molecule is CC1(C)[CH]CCCCC1(C)C. The fourth-order valence-electron chi connectivity index (χ4n) is 1.77. The summed E-state index contributed by atoms with van der Waals surface area (Å²) in [4.78, 5) is 0. The zero-order valence-corrected chi connectivity index (χ0v) is 8.41. The predicted molar refractivity (Wildman–Crippen MR) is 50.3 cm³/mol. The van der Waals surface area contributed by atoms with Crippen molar-refractivity contribution in [3.8, 4) is 0 Å². The van der Waals surface area contributed by atoms with Crippen LogP contribution in [-0.4, -0.2) is 0 Å². The molecular formula is C11H21. The standard InChI is InChI=1S/C11H21/c1-10(2)8-6-5-7-9-11(10,3)4/h8H,5-7,9H2,1-4H3. The average Bonchev–Trinajstić information content (AvgIpc) is 1.94. The predicted octanol–water partition coefficient (Wildman–Crippen LogP) is 3.82. The van der Waals surface area contributed by atoms with Crippen molar-refractivity contribution in [3.05, 3.63) is 6.42 Å². The van der Waals surface area contributed by atoms with Gasteiger partial charge in [0.15, 0.2) is 0 Å². The molecule has 0 amide bonds. The monoisotopic (exact) mass is 153 g/mol.